The second-order valence-corrected chi connectivity index (χ2v) is 4.51. The van der Waals surface area contributed by atoms with Gasteiger partial charge in [0.25, 0.3) is 0 Å². The molecular formula is C13H13N7O2. The number of methoxy groups -OCH3 is 1. The van der Waals surface area contributed by atoms with E-state index in [0.29, 0.717) is 0 Å². The van der Waals surface area contributed by atoms with E-state index in [4.69, 9.17) is 5.73 Å². The highest BCUT2D eigenvalue weighted by atomic mass is 16.5. The van der Waals surface area contributed by atoms with E-state index in [1.54, 1.807) is 0 Å². The average molecular weight is 299 g/mol. The third-order valence-corrected chi connectivity index (χ3v) is 2.88. The number of carbonyl (C=O) groups excluding carboxylic acids is 1. The van der Waals surface area contributed by atoms with Crippen LogP contribution in [0.4, 0.5) is 17.6 Å². The number of aryl methyl sites for hydroxylation is 1. The van der Waals surface area contributed by atoms with Gasteiger partial charge < -0.3 is 20.8 Å². The molecule has 9 heteroatoms. The van der Waals surface area contributed by atoms with Crippen LogP contribution in [0.1, 0.15) is 16.4 Å². The number of esters is 1. The minimum absolute atomic E-state index is 0.0728. The van der Waals surface area contributed by atoms with Crippen LogP contribution in [0.25, 0.3) is 11.0 Å². The van der Waals surface area contributed by atoms with E-state index in [1.807, 2.05) is 25.1 Å². The Hall–Kier alpha value is -3.23. The summed E-state index contributed by atoms with van der Waals surface area (Å²) in [6.07, 6.45) is 0. The summed E-state index contributed by atoms with van der Waals surface area (Å²) in [7, 11) is 1.24. The maximum atomic E-state index is 11.5. The number of nitrogen functional groups attached to an aromatic ring is 1. The Bertz CT molecular complexity index is 859. The van der Waals surface area contributed by atoms with Crippen LogP contribution in [0.5, 0.6) is 0 Å². The van der Waals surface area contributed by atoms with Crippen molar-refractivity contribution in [2.45, 2.75) is 6.92 Å². The molecule has 112 valence electrons. The summed E-state index contributed by atoms with van der Waals surface area (Å²) < 4.78 is 4.57. The largest absolute Gasteiger partial charge is 0.463 e. The van der Waals surface area contributed by atoms with Crippen molar-refractivity contribution in [3.05, 3.63) is 29.8 Å². The number of aromatic nitrogens is 5. The van der Waals surface area contributed by atoms with Gasteiger partial charge in [-0.15, -0.1) is 0 Å². The maximum Gasteiger partial charge on any atom is 0.376 e. The highest BCUT2D eigenvalue weighted by molar-refractivity contribution is 5.86. The normalized spacial score (nSPS) is 10.6. The number of hydrogen-bond donors (Lipinski definition) is 3. The summed E-state index contributed by atoms with van der Waals surface area (Å²) in [4.78, 5) is 30.6. The fourth-order valence-electron chi connectivity index (χ4n) is 1.97. The Kier molecular flexibility index (Phi) is 3.30. The predicted octanol–water partition coefficient (Wildman–Crippen LogP) is 1.17. The molecule has 9 nitrogen and oxygen atoms in total. The zero-order chi connectivity index (χ0) is 15.7. The summed E-state index contributed by atoms with van der Waals surface area (Å²) in [5.74, 6) is 0.0668. The van der Waals surface area contributed by atoms with E-state index in [0.717, 1.165) is 22.5 Å². The number of nitrogens with one attached hydrogen (secondary N) is 2. The number of nitrogens with two attached hydrogens (primary N) is 1. The quantitative estimate of drug-likeness (QED) is 0.614. The van der Waals surface area contributed by atoms with Gasteiger partial charge >= 0.3 is 5.97 Å². The average Bonchev–Trinajstić information content (AvgIpc) is 2.85. The first-order valence-corrected chi connectivity index (χ1v) is 6.38. The van der Waals surface area contributed by atoms with E-state index in [2.05, 4.69) is 35.0 Å². The molecule has 0 aliphatic rings. The molecule has 2 heterocycles. The molecule has 0 saturated heterocycles. The Balaban J connectivity index is 1.93. The van der Waals surface area contributed by atoms with E-state index in [9.17, 15) is 4.79 Å². The molecule has 3 rings (SSSR count). The zero-order valence-corrected chi connectivity index (χ0v) is 11.9. The van der Waals surface area contributed by atoms with Gasteiger partial charge in [-0.05, 0) is 25.1 Å². The molecule has 0 unspecified atom stereocenters. The van der Waals surface area contributed by atoms with Crippen LogP contribution in [0.15, 0.2) is 18.2 Å². The van der Waals surface area contributed by atoms with Crippen LogP contribution in [0.2, 0.25) is 0 Å². The summed E-state index contributed by atoms with van der Waals surface area (Å²) >= 11 is 0. The third kappa shape index (κ3) is 2.64. The van der Waals surface area contributed by atoms with Crippen molar-refractivity contribution in [3.8, 4) is 0 Å². The number of ether oxygens (including phenoxy) is 1. The molecule has 0 aliphatic heterocycles. The Morgan fingerprint density at radius 3 is 2.86 bits per heavy atom. The van der Waals surface area contributed by atoms with Crippen LogP contribution >= 0.6 is 0 Å². The first-order valence-electron chi connectivity index (χ1n) is 6.38. The van der Waals surface area contributed by atoms with Crippen LogP contribution in [0, 0.1) is 6.92 Å². The molecule has 1 aromatic carbocycles. The molecular weight excluding hydrogens is 286 g/mol. The van der Waals surface area contributed by atoms with Crippen molar-refractivity contribution >= 4 is 34.6 Å². The van der Waals surface area contributed by atoms with Gasteiger partial charge in [-0.2, -0.15) is 15.0 Å². The zero-order valence-electron chi connectivity index (χ0n) is 11.9. The maximum absolute atomic E-state index is 11.5. The number of rotatable bonds is 3. The van der Waals surface area contributed by atoms with Gasteiger partial charge in [-0.3, -0.25) is 0 Å². The number of imidazole rings is 1. The highest BCUT2D eigenvalue weighted by Gasteiger charge is 2.13. The van der Waals surface area contributed by atoms with Crippen molar-refractivity contribution in [1.82, 2.24) is 24.9 Å². The minimum atomic E-state index is -0.684. The molecule has 0 aliphatic carbocycles. The van der Waals surface area contributed by atoms with Crippen molar-refractivity contribution in [2.75, 3.05) is 18.2 Å². The summed E-state index contributed by atoms with van der Waals surface area (Å²) in [5.41, 5.74) is 8.02. The van der Waals surface area contributed by atoms with Crippen LogP contribution in [-0.4, -0.2) is 38.0 Å². The van der Waals surface area contributed by atoms with E-state index >= 15 is 0 Å². The number of benzene rings is 1. The van der Waals surface area contributed by atoms with Gasteiger partial charge in [0.05, 0.1) is 18.1 Å². The SMILES string of the molecule is COC(=O)c1nc(N)nc(Nc2ccc3nc(C)[nH]c3c2)n1. The van der Waals surface area contributed by atoms with Gasteiger partial charge in [0.15, 0.2) is 0 Å². The molecule has 0 bridgehead atoms. The van der Waals surface area contributed by atoms with Gasteiger partial charge in [0.2, 0.25) is 17.7 Å². The Labute approximate surface area is 125 Å². The van der Waals surface area contributed by atoms with Gasteiger partial charge in [-0.25, -0.2) is 9.78 Å². The first kappa shape index (κ1) is 13.7. The number of fused-ring (bicyclic) bond motifs is 1. The molecule has 4 N–H and O–H groups in total. The lowest BCUT2D eigenvalue weighted by Crippen LogP contribution is -2.12. The summed E-state index contributed by atoms with van der Waals surface area (Å²) in [6, 6.07) is 5.53. The molecule has 0 radical (unpaired) electrons. The number of H-pyrrole nitrogens is 1. The standard InChI is InChI=1S/C13H13N7O2/c1-6-15-8-4-3-7(5-9(8)16-6)17-13-19-10(11(21)22-2)18-12(14)20-13/h3-5H,1-2H3,(H,15,16)(H3,14,17,18,19,20). The number of anilines is 3. The third-order valence-electron chi connectivity index (χ3n) is 2.88. The number of carbonyl (C=O) groups is 1. The van der Waals surface area contributed by atoms with E-state index in [-0.39, 0.29) is 17.7 Å². The van der Waals surface area contributed by atoms with Gasteiger partial charge in [-0.1, -0.05) is 0 Å². The highest BCUT2D eigenvalue weighted by Crippen LogP contribution is 2.19. The van der Waals surface area contributed by atoms with Crippen molar-refractivity contribution in [1.29, 1.82) is 0 Å². The molecule has 0 amide bonds. The first-order chi connectivity index (χ1) is 10.5. The molecule has 22 heavy (non-hydrogen) atoms. The molecule has 0 fully saturated rings. The molecule has 0 atom stereocenters. The van der Waals surface area contributed by atoms with Gasteiger partial charge in [0, 0.05) is 5.69 Å². The Morgan fingerprint density at radius 2 is 2.09 bits per heavy atom. The van der Waals surface area contributed by atoms with Crippen molar-refractivity contribution in [3.63, 3.8) is 0 Å². The molecule has 0 spiro atoms. The van der Waals surface area contributed by atoms with Crippen LogP contribution in [0.3, 0.4) is 0 Å². The lowest BCUT2D eigenvalue weighted by molar-refractivity contribution is 0.0586. The van der Waals surface area contributed by atoms with Gasteiger partial charge in [0.1, 0.15) is 5.82 Å². The van der Waals surface area contributed by atoms with Crippen molar-refractivity contribution in [2.24, 2.45) is 0 Å². The molecule has 2 aromatic heterocycles. The fourth-order valence-corrected chi connectivity index (χ4v) is 1.97. The monoisotopic (exact) mass is 299 g/mol. The van der Waals surface area contributed by atoms with Crippen molar-refractivity contribution < 1.29 is 9.53 Å². The lowest BCUT2D eigenvalue weighted by Gasteiger charge is -2.06. The van der Waals surface area contributed by atoms with Crippen LogP contribution in [-0.2, 0) is 4.74 Å². The predicted molar refractivity (Wildman–Crippen MR) is 79.7 cm³/mol. The lowest BCUT2D eigenvalue weighted by atomic mass is 10.3. The molecule has 0 saturated carbocycles. The smallest absolute Gasteiger partial charge is 0.376 e. The van der Waals surface area contributed by atoms with E-state index < -0.39 is 5.97 Å². The summed E-state index contributed by atoms with van der Waals surface area (Å²) in [5, 5.41) is 2.97. The topological polar surface area (TPSA) is 132 Å². The number of hydrogen-bond acceptors (Lipinski definition) is 8. The minimum Gasteiger partial charge on any atom is -0.463 e. The van der Waals surface area contributed by atoms with E-state index in [1.165, 1.54) is 7.11 Å². The number of nitrogens with zero attached hydrogens (tertiary/aromatic N) is 4. The number of aromatic amines is 1. The Morgan fingerprint density at radius 1 is 1.27 bits per heavy atom. The van der Waals surface area contributed by atoms with Crippen LogP contribution < -0.4 is 11.1 Å². The fraction of sp³-hybridized carbons (Fsp3) is 0.154. The molecule has 3 aromatic rings. The second-order valence-electron chi connectivity index (χ2n) is 4.51. The summed E-state index contributed by atoms with van der Waals surface area (Å²) in [6.45, 7) is 1.88. The second kappa shape index (κ2) is 5.28.